The molecular weight excluding hydrogens is 194 g/mol. The van der Waals surface area contributed by atoms with E-state index in [0.717, 1.165) is 0 Å². The van der Waals surface area contributed by atoms with Crippen molar-refractivity contribution in [2.24, 2.45) is 0 Å². The van der Waals surface area contributed by atoms with Gasteiger partial charge in [-0.1, -0.05) is 12.2 Å². The monoisotopic (exact) mass is 211 g/mol. The van der Waals surface area contributed by atoms with Crippen LogP contribution in [0.1, 0.15) is 27.2 Å². The van der Waals surface area contributed by atoms with Crippen LogP contribution in [0.4, 0.5) is 0 Å². The topological polar surface area (TPSA) is 66.4 Å². The summed E-state index contributed by atoms with van der Waals surface area (Å²) in [5.41, 5.74) is 0.746. The molecule has 0 aromatic carbocycles. The van der Waals surface area contributed by atoms with Gasteiger partial charge < -0.3 is 10.4 Å². The highest BCUT2D eigenvalue weighted by molar-refractivity contribution is 5.90. The first kappa shape index (κ1) is 13.4. The Morgan fingerprint density at radius 3 is 2.40 bits per heavy atom. The molecule has 0 saturated carbocycles. The fourth-order valence-electron chi connectivity index (χ4n) is 1.09. The highest BCUT2D eigenvalue weighted by atomic mass is 16.4. The van der Waals surface area contributed by atoms with E-state index in [1.165, 1.54) is 6.92 Å². The van der Waals surface area contributed by atoms with Crippen LogP contribution in [0.5, 0.6) is 0 Å². The molecule has 0 bridgehead atoms. The Hall–Kier alpha value is -1.58. The van der Waals surface area contributed by atoms with Crippen molar-refractivity contribution in [2.75, 3.05) is 6.54 Å². The summed E-state index contributed by atoms with van der Waals surface area (Å²) >= 11 is 0. The molecule has 0 atom stereocenters. The Morgan fingerprint density at radius 2 is 2.00 bits per heavy atom. The molecule has 0 aromatic rings. The summed E-state index contributed by atoms with van der Waals surface area (Å²) < 4.78 is 0. The molecular formula is C11H17NO3. The summed E-state index contributed by atoms with van der Waals surface area (Å²) in [5.74, 6) is -1.15. The van der Waals surface area contributed by atoms with E-state index < -0.39 is 5.97 Å². The minimum atomic E-state index is -0.993. The van der Waals surface area contributed by atoms with E-state index in [1.807, 2.05) is 6.92 Å². The standard InChI is InChI=1S/C11H17NO3/c1-4-6-9(8(3)11(14)15)7-10(13)12-5-2/h4,6H,5,7H2,1-3H3,(H,12,13)(H,14,15). The number of carboxylic acid groups (broad SMARTS) is 1. The molecule has 84 valence electrons. The number of hydrogen-bond acceptors (Lipinski definition) is 2. The predicted molar refractivity (Wildman–Crippen MR) is 58.5 cm³/mol. The summed E-state index contributed by atoms with van der Waals surface area (Å²) in [6, 6.07) is 0. The van der Waals surface area contributed by atoms with E-state index in [2.05, 4.69) is 5.32 Å². The third kappa shape index (κ3) is 5.00. The molecule has 0 aliphatic carbocycles. The zero-order valence-corrected chi connectivity index (χ0v) is 9.33. The lowest BCUT2D eigenvalue weighted by molar-refractivity contribution is -0.132. The van der Waals surface area contributed by atoms with Crippen LogP contribution in [-0.2, 0) is 9.59 Å². The first-order valence-corrected chi connectivity index (χ1v) is 4.85. The van der Waals surface area contributed by atoms with Crippen molar-refractivity contribution in [2.45, 2.75) is 27.2 Å². The van der Waals surface area contributed by atoms with Gasteiger partial charge in [-0.25, -0.2) is 4.79 Å². The first-order valence-electron chi connectivity index (χ1n) is 4.85. The molecule has 15 heavy (non-hydrogen) atoms. The zero-order chi connectivity index (χ0) is 11.8. The van der Waals surface area contributed by atoms with Gasteiger partial charge in [0.15, 0.2) is 0 Å². The lowest BCUT2D eigenvalue weighted by atomic mass is 10.1. The number of carboxylic acids is 1. The summed E-state index contributed by atoms with van der Waals surface area (Å²) in [5, 5.41) is 11.4. The molecule has 4 heteroatoms. The van der Waals surface area contributed by atoms with Crippen LogP contribution in [0, 0.1) is 0 Å². The second-order valence-electron chi connectivity index (χ2n) is 3.09. The second-order valence-corrected chi connectivity index (χ2v) is 3.09. The normalized spacial score (nSPS) is 12.5. The maximum Gasteiger partial charge on any atom is 0.331 e. The third-order valence-corrected chi connectivity index (χ3v) is 1.90. The predicted octanol–water partition coefficient (Wildman–Crippen LogP) is 1.49. The highest BCUT2D eigenvalue weighted by Gasteiger charge is 2.10. The van der Waals surface area contributed by atoms with Gasteiger partial charge in [0.25, 0.3) is 0 Å². The number of aliphatic carboxylic acids is 1. The van der Waals surface area contributed by atoms with Crippen LogP contribution in [0.15, 0.2) is 23.3 Å². The second kappa shape index (κ2) is 6.81. The van der Waals surface area contributed by atoms with Gasteiger partial charge in [-0.3, -0.25) is 4.79 Å². The molecule has 2 N–H and O–H groups in total. The lowest BCUT2D eigenvalue weighted by Crippen LogP contribution is -2.23. The zero-order valence-electron chi connectivity index (χ0n) is 9.33. The molecule has 4 nitrogen and oxygen atoms in total. The minimum Gasteiger partial charge on any atom is -0.478 e. The van der Waals surface area contributed by atoms with Crippen LogP contribution in [0.3, 0.4) is 0 Å². The molecule has 0 heterocycles. The molecule has 0 spiro atoms. The van der Waals surface area contributed by atoms with E-state index in [4.69, 9.17) is 5.11 Å². The van der Waals surface area contributed by atoms with Crippen molar-refractivity contribution in [3.63, 3.8) is 0 Å². The van der Waals surface area contributed by atoms with Crippen molar-refractivity contribution in [1.82, 2.24) is 5.32 Å². The smallest absolute Gasteiger partial charge is 0.331 e. The van der Waals surface area contributed by atoms with Crippen molar-refractivity contribution in [1.29, 1.82) is 0 Å². The molecule has 0 unspecified atom stereocenters. The van der Waals surface area contributed by atoms with Gasteiger partial charge in [0.1, 0.15) is 0 Å². The van der Waals surface area contributed by atoms with Gasteiger partial charge in [-0.2, -0.15) is 0 Å². The van der Waals surface area contributed by atoms with Crippen LogP contribution < -0.4 is 5.32 Å². The van der Waals surface area contributed by atoms with Gasteiger partial charge in [0, 0.05) is 12.1 Å². The SMILES string of the molecule is CC=CC(CC(=O)NCC)=C(C)C(=O)O. The molecule has 0 radical (unpaired) electrons. The van der Waals surface area contributed by atoms with Crippen molar-refractivity contribution in [3.05, 3.63) is 23.3 Å². The molecule has 0 aliphatic rings. The molecule has 1 amide bonds. The van der Waals surface area contributed by atoms with E-state index in [0.29, 0.717) is 12.1 Å². The number of nitrogens with one attached hydrogen (secondary N) is 1. The summed E-state index contributed by atoms with van der Waals surface area (Å²) in [6.45, 7) is 5.65. The fourth-order valence-corrected chi connectivity index (χ4v) is 1.09. The Bertz CT molecular complexity index is 303. The van der Waals surface area contributed by atoms with Crippen LogP contribution >= 0.6 is 0 Å². The number of hydrogen-bond donors (Lipinski definition) is 2. The quantitative estimate of drug-likeness (QED) is 0.535. The van der Waals surface area contributed by atoms with E-state index in [-0.39, 0.29) is 17.9 Å². The number of carbonyl (C=O) groups excluding carboxylic acids is 1. The Labute approximate surface area is 89.7 Å². The summed E-state index contributed by atoms with van der Waals surface area (Å²) in [6.07, 6.45) is 3.48. The van der Waals surface area contributed by atoms with Gasteiger partial charge in [0.2, 0.25) is 5.91 Å². The number of allylic oxidation sites excluding steroid dienone is 2. The van der Waals surface area contributed by atoms with Crippen molar-refractivity contribution in [3.8, 4) is 0 Å². The summed E-state index contributed by atoms with van der Waals surface area (Å²) in [4.78, 5) is 22.0. The van der Waals surface area contributed by atoms with Gasteiger partial charge in [-0.05, 0) is 26.3 Å². The fraction of sp³-hybridized carbons (Fsp3) is 0.455. The largest absolute Gasteiger partial charge is 0.478 e. The first-order chi connectivity index (χ1) is 7.02. The molecule has 0 rings (SSSR count). The number of amides is 1. The Kier molecular flexibility index (Phi) is 6.09. The average molecular weight is 211 g/mol. The van der Waals surface area contributed by atoms with Gasteiger partial charge >= 0.3 is 5.97 Å². The van der Waals surface area contributed by atoms with Crippen molar-refractivity contribution < 1.29 is 14.7 Å². The molecule has 0 saturated heterocycles. The maximum atomic E-state index is 11.3. The molecule has 0 aliphatic heterocycles. The van der Waals surface area contributed by atoms with E-state index >= 15 is 0 Å². The van der Waals surface area contributed by atoms with Crippen LogP contribution in [0.25, 0.3) is 0 Å². The molecule has 0 fully saturated rings. The average Bonchev–Trinajstić information content (AvgIpc) is 2.16. The molecule has 0 aromatic heterocycles. The van der Waals surface area contributed by atoms with Crippen LogP contribution in [-0.4, -0.2) is 23.5 Å². The van der Waals surface area contributed by atoms with Gasteiger partial charge in [0.05, 0.1) is 6.42 Å². The summed E-state index contributed by atoms with van der Waals surface area (Å²) in [7, 11) is 0. The minimum absolute atomic E-state index is 0.107. The van der Waals surface area contributed by atoms with Gasteiger partial charge in [-0.15, -0.1) is 0 Å². The Balaban J connectivity index is 4.76. The number of rotatable bonds is 5. The Morgan fingerprint density at radius 1 is 1.40 bits per heavy atom. The maximum absolute atomic E-state index is 11.3. The van der Waals surface area contributed by atoms with Crippen LogP contribution in [0.2, 0.25) is 0 Å². The van der Waals surface area contributed by atoms with E-state index in [9.17, 15) is 9.59 Å². The lowest BCUT2D eigenvalue weighted by Gasteiger charge is -2.05. The number of carbonyl (C=O) groups is 2. The van der Waals surface area contributed by atoms with E-state index in [1.54, 1.807) is 19.1 Å². The third-order valence-electron chi connectivity index (χ3n) is 1.90. The highest BCUT2D eigenvalue weighted by Crippen LogP contribution is 2.10. The van der Waals surface area contributed by atoms with Crippen molar-refractivity contribution >= 4 is 11.9 Å².